The number of hydrogen-bond acceptors (Lipinski definition) is 7. The third-order valence-electron chi connectivity index (χ3n) is 1.09. The highest BCUT2D eigenvalue weighted by Crippen LogP contribution is 2.17. The summed E-state index contributed by atoms with van der Waals surface area (Å²) in [5.74, 6) is 0.110. The van der Waals surface area contributed by atoms with Gasteiger partial charge < -0.3 is 0 Å². The third kappa shape index (κ3) is 2.80. The summed E-state index contributed by atoms with van der Waals surface area (Å²) in [6.07, 6.45) is 5.07. The van der Waals surface area contributed by atoms with Gasteiger partial charge in [-0.15, -0.1) is 4.99 Å². The molecule has 0 atom stereocenters. The number of carbonyl (C=O) groups excluding carboxylic acids is 1. The zero-order valence-electron chi connectivity index (χ0n) is 7.01. The van der Waals surface area contributed by atoms with Crippen molar-refractivity contribution in [2.75, 3.05) is 12.5 Å². The molecule has 5 nitrogen and oxygen atoms in total. The second-order valence-electron chi connectivity index (χ2n) is 1.81. The Kier molecular flexibility index (Phi) is 3.88. The van der Waals surface area contributed by atoms with Crippen LogP contribution in [0.2, 0.25) is 0 Å². The van der Waals surface area contributed by atoms with Gasteiger partial charge in [0.2, 0.25) is 6.08 Å². The summed E-state index contributed by atoms with van der Waals surface area (Å²) in [6, 6.07) is 0. The Bertz CT molecular complexity index is 328. The van der Waals surface area contributed by atoms with Crippen LogP contribution in [0.1, 0.15) is 0 Å². The van der Waals surface area contributed by atoms with Crippen LogP contribution >= 0.6 is 23.5 Å². The van der Waals surface area contributed by atoms with Gasteiger partial charge in [-0.05, 0) is 12.5 Å². The molecule has 0 aliphatic heterocycles. The first kappa shape index (κ1) is 10.2. The lowest BCUT2D eigenvalue weighted by atomic mass is 10.9. The topological polar surface area (TPSA) is 68.1 Å². The Morgan fingerprint density at radius 3 is 2.08 bits per heavy atom. The van der Waals surface area contributed by atoms with E-state index in [-0.39, 0.29) is 5.95 Å². The quantitative estimate of drug-likeness (QED) is 0.429. The van der Waals surface area contributed by atoms with E-state index in [4.69, 9.17) is 0 Å². The molecule has 1 heterocycles. The molecule has 0 aliphatic carbocycles. The second kappa shape index (κ2) is 4.96. The van der Waals surface area contributed by atoms with Crippen molar-refractivity contribution in [3.8, 4) is 0 Å². The van der Waals surface area contributed by atoms with E-state index < -0.39 is 0 Å². The van der Waals surface area contributed by atoms with E-state index in [0.29, 0.717) is 10.3 Å². The molecule has 0 fully saturated rings. The summed E-state index contributed by atoms with van der Waals surface area (Å²) in [5, 5.41) is 1.10. The van der Waals surface area contributed by atoms with Gasteiger partial charge in [0, 0.05) is 0 Å². The number of isocyanates is 1. The zero-order chi connectivity index (χ0) is 9.68. The average molecular weight is 214 g/mol. The monoisotopic (exact) mass is 214 g/mol. The maximum absolute atomic E-state index is 9.97. The highest BCUT2D eigenvalue weighted by molar-refractivity contribution is 7.99. The highest BCUT2D eigenvalue weighted by atomic mass is 32.2. The molecule has 0 amide bonds. The fourth-order valence-electron chi connectivity index (χ4n) is 0.601. The van der Waals surface area contributed by atoms with Crippen LogP contribution in [0, 0.1) is 0 Å². The average Bonchev–Trinajstić information content (AvgIpc) is 2.17. The van der Waals surface area contributed by atoms with Crippen LogP contribution in [0.25, 0.3) is 0 Å². The normalized spacial score (nSPS) is 9.38. The SMILES string of the molecule is CSc1nc(N=C=O)nc(SC)n1. The number of thioether (sulfide) groups is 2. The van der Waals surface area contributed by atoms with Crippen LogP contribution in [-0.4, -0.2) is 33.5 Å². The van der Waals surface area contributed by atoms with Crippen molar-refractivity contribution >= 4 is 35.6 Å². The Hall–Kier alpha value is -0.910. The lowest BCUT2D eigenvalue weighted by Gasteiger charge is -1.97. The van der Waals surface area contributed by atoms with Crippen LogP contribution in [0.4, 0.5) is 5.95 Å². The van der Waals surface area contributed by atoms with Crippen molar-refractivity contribution in [1.82, 2.24) is 15.0 Å². The van der Waals surface area contributed by atoms with Gasteiger partial charge in [0.1, 0.15) is 0 Å². The summed E-state index contributed by atoms with van der Waals surface area (Å²) >= 11 is 2.75. The molecule has 0 saturated heterocycles. The molecule has 1 aromatic heterocycles. The van der Waals surface area contributed by atoms with E-state index in [1.165, 1.54) is 29.6 Å². The van der Waals surface area contributed by atoms with Crippen LogP contribution in [0.15, 0.2) is 15.3 Å². The first-order valence-corrected chi connectivity index (χ1v) is 5.67. The Morgan fingerprint density at radius 2 is 1.69 bits per heavy atom. The minimum absolute atomic E-state index is 0.110. The first-order chi connectivity index (χ1) is 6.30. The molecule has 0 aliphatic rings. The van der Waals surface area contributed by atoms with Gasteiger partial charge in [0.05, 0.1) is 0 Å². The predicted octanol–water partition coefficient (Wildman–Crippen LogP) is 1.28. The van der Waals surface area contributed by atoms with E-state index in [1.807, 2.05) is 12.5 Å². The molecule has 1 aromatic rings. The van der Waals surface area contributed by atoms with E-state index in [2.05, 4.69) is 19.9 Å². The van der Waals surface area contributed by atoms with Gasteiger partial charge in [0.15, 0.2) is 10.3 Å². The second-order valence-corrected chi connectivity index (χ2v) is 3.36. The van der Waals surface area contributed by atoms with Crippen molar-refractivity contribution in [2.24, 2.45) is 4.99 Å². The number of nitrogens with zero attached hydrogens (tertiary/aromatic N) is 4. The van der Waals surface area contributed by atoms with Gasteiger partial charge in [0.25, 0.3) is 5.95 Å². The van der Waals surface area contributed by atoms with Crippen molar-refractivity contribution < 1.29 is 4.79 Å². The molecular weight excluding hydrogens is 208 g/mol. The summed E-state index contributed by atoms with van der Waals surface area (Å²) in [5.41, 5.74) is 0. The van der Waals surface area contributed by atoms with Gasteiger partial charge in [-0.3, -0.25) is 0 Å². The van der Waals surface area contributed by atoms with Gasteiger partial charge in [-0.1, -0.05) is 23.5 Å². The molecular formula is C6H6N4OS2. The predicted molar refractivity (Wildman–Crippen MR) is 51.2 cm³/mol. The van der Waals surface area contributed by atoms with Crippen LogP contribution in [0.3, 0.4) is 0 Å². The van der Waals surface area contributed by atoms with E-state index in [0.717, 1.165) is 0 Å². The number of aliphatic imine (C=N–C) groups is 1. The fourth-order valence-corrected chi connectivity index (χ4v) is 1.36. The van der Waals surface area contributed by atoms with Crippen LogP contribution < -0.4 is 0 Å². The standard InChI is InChI=1S/C6H6N4OS2/c1-12-5-8-4(7-3-11)9-6(10-5)13-2/h1-2H3. The van der Waals surface area contributed by atoms with Crippen molar-refractivity contribution in [1.29, 1.82) is 0 Å². The third-order valence-corrected chi connectivity index (χ3v) is 2.19. The Balaban J connectivity index is 3.14. The van der Waals surface area contributed by atoms with E-state index >= 15 is 0 Å². The minimum Gasteiger partial charge on any atom is -0.211 e. The maximum atomic E-state index is 9.97. The van der Waals surface area contributed by atoms with Crippen molar-refractivity contribution in [3.05, 3.63) is 0 Å². The van der Waals surface area contributed by atoms with Gasteiger partial charge in [-0.2, -0.15) is 15.0 Å². The Morgan fingerprint density at radius 1 is 1.15 bits per heavy atom. The molecule has 68 valence electrons. The maximum Gasteiger partial charge on any atom is 0.265 e. The zero-order valence-corrected chi connectivity index (χ0v) is 8.65. The van der Waals surface area contributed by atoms with Crippen LogP contribution in [0.5, 0.6) is 0 Å². The molecule has 0 bridgehead atoms. The molecule has 0 N–H and O–H groups in total. The molecule has 1 rings (SSSR count). The number of hydrogen-bond donors (Lipinski definition) is 0. The Labute approximate surface area is 83.5 Å². The van der Waals surface area contributed by atoms with Crippen molar-refractivity contribution in [2.45, 2.75) is 10.3 Å². The first-order valence-electron chi connectivity index (χ1n) is 3.22. The van der Waals surface area contributed by atoms with E-state index in [1.54, 1.807) is 0 Å². The largest absolute Gasteiger partial charge is 0.265 e. The summed E-state index contributed by atoms with van der Waals surface area (Å²) in [6.45, 7) is 0. The lowest BCUT2D eigenvalue weighted by Crippen LogP contribution is -1.92. The molecule has 0 aromatic carbocycles. The van der Waals surface area contributed by atoms with Crippen molar-refractivity contribution in [3.63, 3.8) is 0 Å². The summed E-state index contributed by atoms with van der Waals surface area (Å²) < 4.78 is 0. The number of rotatable bonds is 3. The minimum atomic E-state index is 0.110. The molecule has 0 spiro atoms. The molecule has 7 heteroatoms. The summed E-state index contributed by atoms with van der Waals surface area (Å²) in [7, 11) is 0. The lowest BCUT2D eigenvalue weighted by molar-refractivity contribution is 0.564. The molecule has 0 radical (unpaired) electrons. The van der Waals surface area contributed by atoms with Crippen LogP contribution in [-0.2, 0) is 4.79 Å². The summed E-state index contributed by atoms with van der Waals surface area (Å²) in [4.78, 5) is 25.1. The number of aromatic nitrogens is 3. The molecule has 13 heavy (non-hydrogen) atoms. The van der Waals surface area contributed by atoms with E-state index in [9.17, 15) is 4.79 Å². The fraction of sp³-hybridized carbons (Fsp3) is 0.333. The highest BCUT2D eigenvalue weighted by Gasteiger charge is 2.03. The smallest absolute Gasteiger partial charge is 0.211 e. The van der Waals surface area contributed by atoms with Gasteiger partial charge in [-0.25, -0.2) is 4.79 Å². The molecule has 0 saturated carbocycles. The van der Waals surface area contributed by atoms with Gasteiger partial charge >= 0.3 is 0 Å². The molecule has 0 unspecified atom stereocenters.